The first-order valence-electron chi connectivity index (χ1n) is 8.54. The van der Waals surface area contributed by atoms with Crippen molar-refractivity contribution in [3.63, 3.8) is 0 Å². The van der Waals surface area contributed by atoms with Gasteiger partial charge in [-0.25, -0.2) is 0 Å². The van der Waals surface area contributed by atoms with Crippen LogP contribution in [0.5, 0.6) is 23.0 Å². The SMILES string of the molecule is COc1cc2c(c(O)c1C(=O)/C=C/c1ccc(O)cc1)CC(C(C)(C)O)O2. The number of ether oxygens (including phenoxy) is 2. The van der Waals surface area contributed by atoms with Gasteiger partial charge < -0.3 is 24.8 Å². The van der Waals surface area contributed by atoms with Crippen LogP contribution in [0.2, 0.25) is 0 Å². The summed E-state index contributed by atoms with van der Waals surface area (Å²) in [5.74, 6) is 0.111. The molecule has 1 unspecified atom stereocenters. The van der Waals surface area contributed by atoms with E-state index in [0.29, 0.717) is 11.3 Å². The molecule has 1 aliphatic rings. The molecule has 0 bridgehead atoms. The number of ketones is 1. The second kappa shape index (κ2) is 6.96. The number of carbonyl (C=O) groups excluding carboxylic acids is 1. The lowest BCUT2D eigenvalue weighted by Crippen LogP contribution is -2.39. The summed E-state index contributed by atoms with van der Waals surface area (Å²) in [6.07, 6.45) is 2.68. The molecule has 6 nitrogen and oxygen atoms in total. The third-order valence-electron chi connectivity index (χ3n) is 4.56. The van der Waals surface area contributed by atoms with Crippen LogP contribution in [-0.4, -0.2) is 39.9 Å². The molecule has 0 radical (unpaired) electrons. The van der Waals surface area contributed by atoms with Crippen LogP contribution >= 0.6 is 0 Å². The number of allylic oxidation sites excluding steroid dienone is 1. The Hall–Kier alpha value is -2.99. The average Bonchev–Trinajstić information content (AvgIpc) is 3.05. The predicted molar refractivity (Wildman–Crippen MR) is 101 cm³/mol. The van der Waals surface area contributed by atoms with Crippen molar-refractivity contribution in [1.82, 2.24) is 0 Å². The van der Waals surface area contributed by atoms with Gasteiger partial charge in [0.05, 0.1) is 12.7 Å². The maximum atomic E-state index is 12.7. The topological polar surface area (TPSA) is 96.2 Å². The number of rotatable bonds is 5. The van der Waals surface area contributed by atoms with Crippen LogP contribution in [0.4, 0.5) is 0 Å². The van der Waals surface area contributed by atoms with Crippen LogP contribution in [-0.2, 0) is 6.42 Å². The van der Waals surface area contributed by atoms with E-state index >= 15 is 0 Å². The van der Waals surface area contributed by atoms with Crippen molar-refractivity contribution in [1.29, 1.82) is 0 Å². The summed E-state index contributed by atoms with van der Waals surface area (Å²) in [5.41, 5.74) is 0.156. The maximum absolute atomic E-state index is 12.7. The van der Waals surface area contributed by atoms with Gasteiger partial charge in [0, 0.05) is 18.1 Å². The summed E-state index contributed by atoms with van der Waals surface area (Å²) >= 11 is 0. The normalized spacial score (nSPS) is 16.2. The van der Waals surface area contributed by atoms with E-state index < -0.39 is 17.5 Å². The molecule has 2 aromatic carbocycles. The van der Waals surface area contributed by atoms with Crippen LogP contribution in [0.15, 0.2) is 36.4 Å². The predicted octanol–water partition coefficient (Wildman–Crippen LogP) is 3.08. The molecule has 2 aromatic rings. The Kier molecular flexibility index (Phi) is 4.85. The molecule has 6 heteroatoms. The summed E-state index contributed by atoms with van der Waals surface area (Å²) in [5, 5.41) is 30.2. The minimum atomic E-state index is -1.10. The number of aromatic hydroxyl groups is 2. The number of fused-ring (bicyclic) bond motifs is 1. The highest BCUT2D eigenvalue weighted by molar-refractivity contribution is 6.11. The van der Waals surface area contributed by atoms with E-state index in [1.807, 2.05) is 0 Å². The molecule has 0 aromatic heterocycles. The molecule has 1 aliphatic heterocycles. The highest BCUT2D eigenvalue weighted by atomic mass is 16.5. The highest BCUT2D eigenvalue weighted by Gasteiger charge is 2.38. The molecule has 142 valence electrons. The largest absolute Gasteiger partial charge is 0.508 e. The summed E-state index contributed by atoms with van der Waals surface area (Å²) in [7, 11) is 1.41. The van der Waals surface area contributed by atoms with Gasteiger partial charge in [-0.05, 0) is 37.6 Å². The van der Waals surface area contributed by atoms with Crippen molar-refractivity contribution in [2.45, 2.75) is 32.0 Å². The van der Waals surface area contributed by atoms with Crippen molar-refractivity contribution >= 4 is 11.9 Å². The second-order valence-corrected chi connectivity index (χ2v) is 7.03. The van der Waals surface area contributed by atoms with Crippen LogP contribution in [0.1, 0.15) is 35.3 Å². The number of aliphatic hydroxyl groups is 1. The number of hydrogen-bond acceptors (Lipinski definition) is 6. The molecule has 3 rings (SSSR count). The summed E-state index contributed by atoms with van der Waals surface area (Å²) < 4.78 is 11.0. The third kappa shape index (κ3) is 3.75. The molecule has 0 spiro atoms. The number of phenols is 2. The molecular weight excluding hydrogens is 348 g/mol. The van der Waals surface area contributed by atoms with E-state index in [0.717, 1.165) is 5.56 Å². The molecule has 0 saturated carbocycles. The Morgan fingerprint density at radius 3 is 2.52 bits per heavy atom. The van der Waals surface area contributed by atoms with Gasteiger partial charge in [-0.3, -0.25) is 4.79 Å². The van der Waals surface area contributed by atoms with Gasteiger partial charge in [-0.2, -0.15) is 0 Å². The Balaban J connectivity index is 1.94. The molecule has 0 aliphatic carbocycles. The number of carbonyl (C=O) groups is 1. The van der Waals surface area contributed by atoms with E-state index in [-0.39, 0.29) is 29.2 Å². The first kappa shape index (κ1) is 18.8. The van der Waals surface area contributed by atoms with E-state index in [1.165, 1.54) is 25.3 Å². The lowest BCUT2D eigenvalue weighted by Gasteiger charge is -2.24. The number of hydrogen-bond donors (Lipinski definition) is 3. The van der Waals surface area contributed by atoms with E-state index in [1.54, 1.807) is 38.1 Å². The molecule has 0 fully saturated rings. The fraction of sp³-hybridized carbons (Fsp3) is 0.286. The molecule has 27 heavy (non-hydrogen) atoms. The van der Waals surface area contributed by atoms with Crippen molar-refractivity contribution in [3.05, 3.63) is 53.1 Å². The zero-order valence-corrected chi connectivity index (χ0v) is 15.4. The van der Waals surface area contributed by atoms with Gasteiger partial charge in [0.25, 0.3) is 0 Å². The number of benzene rings is 2. The van der Waals surface area contributed by atoms with Crippen molar-refractivity contribution < 1.29 is 29.6 Å². The Morgan fingerprint density at radius 2 is 1.93 bits per heavy atom. The molecule has 1 heterocycles. The fourth-order valence-corrected chi connectivity index (χ4v) is 2.98. The maximum Gasteiger partial charge on any atom is 0.193 e. The van der Waals surface area contributed by atoms with Gasteiger partial charge in [0.1, 0.15) is 34.7 Å². The molecule has 0 saturated heterocycles. The van der Waals surface area contributed by atoms with Gasteiger partial charge in [-0.1, -0.05) is 18.2 Å². The first-order valence-corrected chi connectivity index (χ1v) is 8.54. The molecule has 3 N–H and O–H groups in total. The Labute approximate surface area is 157 Å². The monoisotopic (exact) mass is 370 g/mol. The molecular formula is C21H22O6. The van der Waals surface area contributed by atoms with Crippen molar-refractivity contribution in [3.8, 4) is 23.0 Å². The van der Waals surface area contributed by atoms with Crippen molar-refractivity contribution in [2.24, 2.45) is 0 Å². The molecule has 0 amide bonds. The zero-order valence-electron chi connectivity index (χ0n) is 15.4. The van der Waals surface area contributed by atoms with E-state index in [2.05, 4.69) is 0 Å². The van der Waals surface area contributed by atoms with Crippen LogP contribution in [0, 0.1) is 0 Å². The standard InChI is InChI=1S/C21H22O6/c1-21(2,25)18-10-14-16(27-18)11-17(26-3)19(20(14)24)15(23)9-6-12-4-7-13(22)8-5-12/h4-9,11,18,22,24-25H,10H2,1-3H3/b9-6+. The second-order valence-electron chi connectivity index (χ2n) is 7.03. The fourth-order valence-electron chi connectivity index (χ4n) is 2.98. The van der Waals surface area contributed by atoms with E-state index in [4.69, 9.17) is 9.47 Å². The van der Waals surface area contributed by atoms with Gasteiger partial charge >= 0.3 is 0 Å². The quantitative estimate of drug-likeness (QED) is 0.553. The van der Waals surface area contributed by atoms with Gasteiger partial charge in [-0.15, -0.1) is 0 Å². The zero-order chi connectivity index (χ0) is 19.8. The first-order chi connectivity index (χ1) is 12.7. The Bertz CT molecular complexity index is 890. The van der Waals surface area contributed by atoms with Crippen LogP contribution in [0.3, 0.4) is 0 Å². The number of methoxy groups -OCH3 is 1. The van der Waals surface area contributed by atoms with E-state index in [9.17, 15) is 20.1 Å². The summed E-state index contributed by atoms with van der Waals surface area (Å²) in [6.45, 7) is 3.26. The lowest BCUT2D eigenvalue weighted by molar-refractivity contribution is -0.0230. The van der Waals surface area contributed by atoms with Gasteiger partial charge in [0.15, 0.2) is 5.78 Å². The lowest BCUT2D eigenvalue weighted by atomic mass is 9.95. The summed E-state index contributed by atoms with van der Waals surface area (Å²) in [4.78, 5) is 12.7. The Morgan fingerprint density at radius 1 is 1.26 bits per heavy atom. The minimum Gasteiger partial charge on any atom is -0.508 e. The third-order valence-corrected chi connectivity index (χ3v) is 4.56. The van der Waals surface area contributed by atoms with Crippen LogP contribution < -0.4 is 9.47 Å². The smallest absolute Gasteiger partial charge is 0.193 e. The minimum absolute atomic E-state index is 0.0475. The van der Waals surface area contributed by atoms with Crippen LogP contribution in [0.25, 0.3) is 6.08 Å². The summed E-state index contributed by atoms with van der Waals surface area (Å²) in [6, 6.07) is 7.93. The number of phenolic OH excluding ortho intramolecular Hbond substituents is 2. The van der Waals surface area contributed by atoms with Gasteiger partial charge in [0.2, 0.25) is 0 Å². The average molecular weight is 370 g/mol. The highest BCUT2D eigenvalue weighted by Crippen LogP contribution is 2.45. The molecule has 1 atom stereocenters. The van der Waals surface area contributed by atoms with Crippen molar-refractivity contribution in [2.75, 3.05) is 7.11 Å².